The van der Waals surface area contributed by atoms with Gasteiger partial charge in [0.05, 0.1) is 11.6 Å². The van der Waals surface area contributed by atoms with Crippen molar-refractivity contribution < 1.29 is 9.21 Å². The minimum atomic E-state index is -0.0961. The average Bonchev–Trinajstić information content (AvgIpc) is 3.04. The van der Waals surface area contributed by atoms with Crippen molar-refractivity contribution in [2.24, 2.45) is 0 Å². The third-order valence-electron chi connectivity index (χ3n) is 3.80. The lowest BCUT2D eigenvalue weighted by molar-refractivity contribution is 0.0953. The fourth-order valence-corrected chi connectivity index (χ4v) is 2.46. The highest BCUT2D eigenvalue weighted by molar-refractivity contribution is 5.94. The first-order valence-corrected chi connectivity index (χ1v) is 8.16. The second-order valence-corrected chi connectivity index (χ2v) is 5.74. The van der Waals surface area contributed by atoms with Crippen LogP contribution in [0.15, 0.2) is 53.1 Å². The number of furan rings is 1. The summed E-state index contributed by atoms with van der Waals surface area (Å²) in [7, 11) is 0. The fraction of sp³-hybridized carbons (Fsp3) is 0.263. The Morgan fingerprint density at radius 3 is 2.79 bits per heavy atom. The van der Waals surface area contributed by atoms with Crippen LogP contribution in [0.3, 0.4) is 0 Å². The van der Waals surface area contributed by atoms with Crippen LogP contribution < -0.4 is 10.6 Å². The lowest BCUT2D eigenvalue weighted by Gasteiger charge is -2.12. The Balaban J connectivity index is 1.67. The Labute approximate surface area is 141 Å². The van der Waals surface area contributed by atoms with Gasteiger partial charge in [-0.2, -0.15) is 0 Å². The predicted octanol–water partition coefficient (Wildman–Crippen LogP) is 4.14. The number of hydrogen-bond acceptors (Lipinski definition) is 4. The molecule has 1 atom stereocenters. The summed E-state index contributed by atoms with van der Waals surface area (Å²) in [6.07, 6.45) is 2.49. The SMILES string of the molecule is CCCNC(=O)c1ccc(N[C@H](C)c2cc3ccccc3o2)nc1. The van der Waals surface area contributed by atoms with Crippen molar-refractivity contribution >= 4 is 22.7 Å². The molecule has 0 fully saturated rings. The monoisotopic (exact) mass is 323 g/mol. The van der Waals surface area contributed by atoms with Crippen molar-refractivity contribution in [2.75, 3.05) is 11.9 Å². The maximum absolute atomic E-state index is 11.9. The van der Waals surface area contributed by atoms with Gasteiger partial charge in [0.1, 0.15) is 17.2 Å². The molecular formula is C19H21N3O2. The van der Waals surface area contributed by atoms with E-state index in [9.17, 15) is 4.79 Å². The highest BCUT2D eigenvalue weighted by Gasteiger charge is 2.12. The van der Waals surface area contributed by atoms with E-state index in [0.29, 0.717) is 17.9 Å². The molecule has 0 saturated heterocycles. The van der Waals surface area contributed by atoms with Gasteiger partial charge < -0.3 is 15.1 Å². The summed E-state index contributed by atoms with van der Waals surface area (Å²) in [6, 6.07) is 13.5. The summed E-state index contributed by atoms with van der Waals surface area (Å²) < 4.78 is 5.85. The van der Waals surface area contributed by atoms with Crippen molar-refractivity contribution in [3.8, 4) is 0 Å². The van der Waals surface area contributed by atoms with E-state index >= 15 is 0 Å². The van der Waals surface area contributed by atoms with Crippen molar-refractivity contribution in [3.05, 3.63) is 60.0 Å². The van der Waals surface area contributed by atoms with Crippen molar-refractivity contribution in [2.45, 2.75) is 26.3 Å². The molecule has 1 amide bonds. The minimum absolute atomic E-state index is 0.0235. The molecule has 0 bridgehead atoms. The molecule has 124 valence electrons. The minimum Gasteiger partial charge on any atom is -0.459 e. The van der Waals surface area contributed by atoms with Crippen molar-refractivity contribution in [3.63, 3.8) is 0 Å². The Morgan fingerprint density at radius 1 is 1.25 bits per heavy atom. The topological polar surface area (TPSA) is 67.2 Å². The zero-order valence-electron chi connectivity index (χ0n) is 13.9. The first-order chi connectivity index (χ1) is 11.7. The Morgan fingerprint density at radius 2 is 2.08 bits per heavy atom. The summed E-state index contributed by atoms with van der Waals surface area (Å²) in [5.41, 5.74) is 1.43. The molecule has 5 heteroatoms. The van der Waals surface area contributed by atoms with Crippen LogP contribution in [0.1, 0.15) is 42.4 Å². The van der Waals surface area contributed by atoms with E-state index in [-0.39, 0.29) is 11.9 Å². The van der Waals surface area contributed by atoms with Crippen LogP contribution in [0.25, 0.3) is 11.0 Å². The summed E-state index contributed by atoms with van der Waals surface area (Å²) in [6.45, 7) is 4.70. The van der Waals surface area contributed by atoms with Crippen LogP contribution in [0, 0.1) is 0 Å². The molecule has 0 aliphatic heterocycles. The molecule has 2 aromatic heterocycles. The molecule has 2 heterocycles. The molecule has 0 unspecified atom stereocenters. The van der Waals surface area contributed by atoms with Gasteiger partial charge in [0.15, 0.2) is 0 Å². The number of fused-ring (bicyclic) bond motifs is 1. The van der Waals surface area contributed by atoms with E-state index in [2.05, 4.69) is 15.6 Å². The quantitative estimate of drug-likeness (QED) is 0.715. The first-order valence-electron chi connectivity index (χ1n) is 8.16. The highest BCUT2D eigenvalue weighted by atomic mass is 16.3. The van der Waals surface area contributed by atoms with Gasteiger partial charge in [0.25, 0.3) is 5.91 Å². The Bertz CT molecular complexity index is 791. The van der Waals surface area contributed by atoms with Gasteiger partial charge in [-0.25, -0.2) is 4.98 Å². The molecular weight excluding hydrogens is 302 g/mol. The van der Waals surface area contributed by atoms with Crippen LogP contribution in [0.2, 0.25) is 0 Å². The smallest absolute Gasteiger partial charge is 0.252 e. The molecule has 0 aliphatic carbocycles. The van der Waals surface area contributed by atoms with Gasteiger partial charge in [-0.1, -0.05) is 25.1 Å². The standard InChI is InChI=1S/C19H21N3O2/c1-3-10-20-19(23)15-8-9-18(21-12-15)22-13(2)17-11-14-6-4-5-7-16(14)24-17/h4-9,11-13H,3,10H2,1-2H3,(H,20,23)(H,21,22)/t13-/m1/s1. The number of amides is 1. The van der Waals surface area contributed by atoms with Crippen molar-refractivity contribution in [1.29, 1.82) is 0 Å². The number of nitrogens with one attached hydrogen (secondary N) is 2. The molecule has 3 rings (SSSR count). The average molecular weight is 323 g/mol. The number of benzene rings is 1. The second-order valence-electron chi connectivity index (χ2n) is 5.74. The van der Waals surface area contributed by atoms with Crippen LogP contribution in [0.4, 0.5) is 5.82 Å². The maximum Gasteiger partial charge on any atom is 0.252 e. The third kappa shape index (κ3) is 3.56. The normalized spacial score (nSPS) is 12.1. The Hall–Kier alpha value is -2.82. The van der Waals surface area contributed by atoms with Gasteiger partial charge in [-0.3, -0.25) is 4.79 Å². The third-order valence-corrected chi connectivity index (χ3v) is 3.80. The number of hydrogen-bond donors (Lipinski definition) is 2. The van der Waals surface area contributed by atoms with E-state index < -0.39 is 0 Å². The lowest BCUT2D eigenvalue weighted by atomic mass is 10.2. The number of rotatable bonds is 6. The molecule has 0 radical (unpaired) electrons. The molecule has 3 aromatic rings. The van der Waals surface area contributed by atoms with Gasteiger partial charge in [-0.05, 0) is 37.6 Å². The largest absolute Gasteiger partial charge is 0.459 e. The number of pyridine rings is 1. The van der Waals surface area contributed by atoms with Crippen LogP contribution >= 0.6 is 0 Å². The Kier molecular flexibility index (Phi) is 4.79. The molecule has 24 heavy (non-hydrogen) atoms. The van der Waals surface area contributed by atoms with Gasteiger partial charge in [-0.15, -0.1) is 0 Å². The number of aromatic nitrogens is 1. The number of carbonyl (C=O) groups excluding carboxylic acids is 1. The van der Waals surface area contributed by atoms with Crippen LogP contribution in [-0.2, 0) is 0 Å². The van der Waals surface area contributed by atoms with Crippen LogP contribution in [0.5, 0.6) is 0 Å². The van der Waals surface area contributed by atoms with E-state index in [1.807, 2.05) is 44.2 Å². The van der Waals surface area contributed by atoms with E-state index in [1.165, 1.54) is 0 Å². The van der Waals surface area contributed by atoms with E-state index in [4.69, 9.17) is 4.42 Å². The lowest BCUT2D eigenvalue weighted by Crippen LogP contribution is -2.24. The fourth-order valence-electron chi connectivity index (χ4n) is 2.46. The number of para-hydroxylation sites is 1. The molecule has 0 aliphatic rings. The number of nitrogens with zero attached hydrogens (tertiary/aromatic N) is 1. The van der Waals surface area contributed by atoms with Crippen molar-refractivity contribution in [1.82, 2.24) is 10.3 Å². The van der Waals surface area contributed by atoms with E-state index in [1.54, 1.807) is 18.3 Å². The summed E-state index contributed by atoms with van der Waals surface area (Å²) in [5.74, 6) is 1.46. The van der Waals surface area contributed by atoms with Gasteiger partial charge in [0.2, 0.25) is 0 Å². The summed E-state index contributed by atoms with van der Waals surface area (Å²) in [5, 5.41) is 7.21. The maximum atomic E-state index is 11.9. The molecule has 1 aromatic carbocycles. The summed E-state index contributed by atoms with van der Waals surface area (Å²) in [4.78, 5) is 16.2. The summed E-state index contributed by atoms with van der Waals surface area (Å²) >= 11 is 0. The molecule has 0 spiro atoms. The zero-order chi connectivity index (χ0) is 16.9. The first kappa shape index (κ1) is 16.1. The number of anilines is 1. The second kappa shape index (κ2) is 7.17. The van der Waals surface area contributed by atoms with Crippen LogP contribution in [-0.4, -0.2) is 17.4 Å². The van der Waals surface area contributed by atoms with E-state index in [0.717, 1.165) is 23.2 Å². The molecule has 2 N–H and O–H groups in total. The van der Waals surface area contributed by atoms with Gasteiger partial charge in [0, 0.05) is 18.1 Å². The molecule has 0 saturated carbocycles. The molecule has 5 nitrogen and oxygen atoms in total. The predicted molar refractivity (Wildman–Crippen MR) is 95.1 cm³/mol. The zero-order valence-corrected chi connectivity index (χ0v) is 13.9. The van der Waals surface area contributed by atoms with Gasteiger partial charge >= 0.3 is 0 Å². The number of carbonyl (C=O) groups is 1. The highest BCUT2D eigenvalue weighted by Crippen LogP contribution is 2.25.